The lowest BCUT2D eigenvalue weighted by Crippen LogP contribution is -2.66. The molecular weight excluding hydrogens is 278 g/mol. The highest BCUT2D eigenvalue weighted by molar-refractivity contribution is 7.15. The lowest BCUT2D eigenvalue weighted by Gasteiger charge is -2.54. The van der Waals surface area contributed by atoms with Crippen molar-refractivity contribution in [1.82, 2.24) is 5.32 Å². The summed E-state index contributed by atoms with van der Waals surface area (Å²) in [7, 11) is 0. The van der Waals surface area contributed by atoms with E-state index in [1.54, 1.807) is 6.07 Å². The molecule has 0 aromatic carbocycles. The minimum Gasteiger partial charge on any atom is -0.477 e. The van der Waals surface area contributed by atoms with Gasteiger partial charge in [-0.2, -0.15) is 0 Å². The van der Waals surface area contributed by atoms with E-state index in [2.05, 4.69) is 19.2 Å². The maximum Gasteiger partial charge on any atom is 0.345 e. The molecular formula is C14H17NO4S. The number of carbonyl (C=O) groups is 2. The van der Waals surface area contributed by atoms with Crippen LogP contribution in [-0.2, 0) is 4.74 Å². The lowest BCUT2D eigenvalue weighted by molar-refractivity contribution is -0.108. The van der Waals surface area contributed by atoms with Gasteiger partial charge in [0.2, 0.25) is 0 Å². The van der Waals surface area contributed by atoms with E-state index in [0.717, 1.165) is 24.4 Å². The van der Waals surface area contributed by atoms with Gasteiger partial charge in [0, 0.05) is 24.0 Å². The fraction of sp³-hybridized carbons (Fsp3) is 0.571. The van der Waals surface area contributed by atoms with Gasteiger partial charge in [-0.1, -0.05) is 13.8 Å². The summed E-state index contributed by atoms with van der Waals surface area (Å²) in [6, 6.07) is 3.13. The first-order chi connectivity index (χ1) is 9.41. The van der Waals surface area contributed by atoms with Crippen LogP contribution in [0.2, 0.25) is 0 Å². The van der Waals surface area contributed by atoms with E-state index in [1.165, 1.54) is 6.07 Å². The SMILES string of the molecule is CC1(C)[C@H](NC(=O)c2ccc(C(=O)O)s2)[C@H]2CCO[C@@H]21. The van der Waals surface area contributed by atoms with Crippen molar-refractivity contribution in [2.45, 2.75) is 32.4 Å². The quantitative estimate of drug-likeness (QED) is 0.894. The molecule has 2 aliphatic rings. The fourth-order valence-electron chi connectivity index (χ4n) is 3.40. The topological polar surface area (TPSA) is 75.6 Å². The van der Waals surface area contributed by atoms with Gasteiger partial charge in [-0.25, -0.2) is 4.79 Å². The highest BCUT2D eigenvalue weighted by Crippen LogP contribution is 2.52. The van der Waals surface area contributed by atoms with Crippen LogP contribution in [0.4, 0.5) is 0 Å². The molecule has 3 atom stereocenters. The molecule has 0 unspecified atom stereocenters. The minimum absolute atomic E-state index is 0.0658. The van der Waals surface area contributed by atoms with Crippen LogP contribution in [0.25, 0.3) is 0 Å². The van der Waals surface area contributed by atoms with Crippen molar-refractivity contribution < 1.29 is 19.4 Å². The molecule has 20 heavy (non-hydrogen) atoms. The Morgan fingerprint density at radius 2 is 2.10 bits per heavy atom. The van der Waals surface area contributed by atoms with E-state index in [1.807, 2.05) is 0 Å². The average Bonchev–Trinajstić information content (AvgIpc) is 3.03. The predicted octanol–water partition coefficient (Wildman–Crippen LogP) is 1.99. The average molecular weight is 295 g/mol. The molecule has 0 spiro atoms. The molecule has 1 aliphatic heterocycles. The van der Waals surface area contributed by atoms with E-state index in [9.17, 15) is 9.59 Å². The maximum absolute atomic E-state index is 12.2. The van der Waals surface area contributed by atoms with E-state index in [-0.39, 0.29) is 28.3 Å². The monoisotopic (exact) mass is 295 g/mol. The molecule has 1 amide bonds. The summed E-state index contributed by atoms with van der Waals surface area (Å²) in [6.07, 6.45) is 1.20. The molecule has 2 N–H and O–H groups in total. The first kappa shape index (κ1) is 13.6. The van der Waals surface area contributed by atoms with Gasteiger partial charge in [-0.05, 0) is 18.6 Å². The number of ether oxygens (including phenoxy) is 1. The Kier molecular flexibility index (Phi) is 3.10. The standard InChI is InChI=1S/C14H17NO4S/c1-14(2)10(7-5-6-19-11(7)14)15-12(16)8-3-4-9(20-8)13(17)18/h3-4,7,10-11H,5-6H2,1-2H3,(H,15,16)(H,17,18)/t7-,10-,11+/m1/s1. The second-order valence-electron chi connectivity index (χ2n) is 5.99. The van der Waals surface area contributed by atoms with Crippen LogP contribution < -0.4 is 5.32 Å². The highest BCUT2D eigenvalue weighted by Gasteiger charge is 2.59. The summed E-state index contributed by atoms with van der Waals surface area (Å²) in [5.41, 5.74) is -0.0658. The Morgan fingerprint density at radius 3 is 2.75 bits per heavy atom. The number of rotatable bonds is 3. The minimum atomic E-state index is -0.998. The van der Waals surface area contributed by atoms with Crippen molar-refractivity contribution in [3.05, 3.63) is 21.9 Å². The third-order valence-corrected chi connectivity index (χ3v) is 5.50. The molecule has 1 saturated carbocycles. The van der Waals surface area contributed by atoms with Gasteiger partial charge in [0.25, 0.3) is 5.91 Å². The summed E-state index contributed by atoms with van der Waals surface area (Å²) in [5, 5.41) is 11.9. The Labute approximate surface area is 120 Å². The van der Waals surface area contributed by atoms with Crippen LogP contribution in [0.1, 0.15) is 39.6 Å². The summed E-state index contributed by atoms with van der Waals surface area (Å²) in [5.74, 6) is -0.805. The number of carboxylic acids is 1. The number of carbonyl (C=O) groups excluding carboxylic acids is 1. The van der Waals surface area contributed by atoms with Crippen LogP contribution >= 0.6 is 11.3 Å². The molecule has 108 valence electrons. The van der Waals surface area contributed by atoms with Crippen molar-refractivity contribution in [2.24, 2.45) is 11.3 Å². The van der Waals surface area contributed by atoms with E-state index >= 15 is 0 Å². The molecule has 0 radical (unpaired) electrons. The van der Waals surface area contributed by atoms with Gasteiger partial charge in [0.1, 0.15) is 4.88 Å². The smallest absolute Gasteiger partial charge is 0.345 e. The summed E-state index contributed by atoms with van der Waals surface area (Å²) < 4.78 is 5.69. The fourth-order valence-corrected chi connectivity index (χ4v) is 4.15. The third-order valence-electron chi connectivity index (χ3n) is 4.43. The van der Waals surface area contributed by atoms with Crippen LogP contribution in [0.3, 0.4) is 0 Å². The third kappa shape index (κ3) is 1.94. The van der Waals surface area contributed by atoms with Gasteiger partial charge in [-0.3, -0.25) is 4.79 Å². The first-order valence-electron chi connectivity index (χ1n) is 6.67. The zero-order chi connectivity index (χ0) is 14.5. The second-order valence-corrected chi connectivity index (χ2v) is 7.07. The van der Waals surface area contributed by atoms with Crippen LogP contribution in [0.15, 0.2) is 12.1 Å². The Morgan fingerprint density at radius 1 is 1.40 bits per heavy atom. The number of amides is 1. The van der Waals surface area contributed by atoms with E-state index in [0.29, 0.717) is 10.8 Å². The normalized spacial score (nSPS) is 30.4. The molecule has 2 heterocycles. The molecule has 2 fully saturated rings. The van der Waals surface area contributed by atoms with Gasteiger partial charge < -0.3 is 15.2 Å². The van der Waals surface area contributed by atoms with Gasteiger partial charge in [-0.15, -0.1) is 11.3 Å². The number of thiophene rings is 1. The molecule has 5 nitrogen and oxygen atoms in total. The summed E-state index contributed by atoms with van der Waals surface area (Å²) >= 11 is 1.01. The van der Waals surface area contributed by atoms with E-state index < -0.39 is 5.97 Å². The number of hydrogen-bond acceptors (Lipinski definition) is 4. The predicted molar refractivity (Wildman–Crippen MR) is 74.2 cm³/mol. The molecule has 6 heteroatoms. The first-order valence-corrected chi connectivity index (χ1v) is 7.48. The molecule has 1 aromatic heterocycles. The summed E-state index contributed by atoms with van der Waals surface area (Å²) in [6.45, 7) is 4.95. The molecule has 0 bridgehead atoms. The molecule has 1 aromatic rings. The van der Waals surface area contributed by atoms with Crippen molar-refractivity contribution >= 4 is 23.2 Å². The van der Waals surface area contributed by atoms with Crippen molar-refractivity contribution in [1.29, 1.82) is 0 Å². The van der Waals surface area contributed by atoms with Gasteiger partial charge >= 0.3 is 5.97 Å². The largest absolute Gasteiger partial charge is 0.477 e. The zero-order valence-corrected chi connectivity index (χ0v) is 12.2. The highest BCUT2D eigenvalue weighted by atomic mass is 32.1. The number of nitrogens with one attached hydrogen (secondary N) is 1. The van der Waals surface area contributed by atoms with E-state index in [4.69, 9.17) is 9.84 Å². The van der Waals surface area contributed by atoms with Crippen LogP contribution in [0, 0.1) is 11.3 Å². The zero-order valence-electron chi connectivity index (χ0n) is 11.4. The Balaban J connectivity index is 1.71. The number of fused-ring (bicyclic) bond motifs is 1. The number of carboxylic acid groups (broad SMARTS) is 1. The van der Waals surface area contributed by atoms with Crippen LogP contribution in [-0.4, -0.2) is 35.7 Å². The lowest BCUT2D eigenvalue weighted by atomic mass is 9.57. The Hall–Kier alpha value is -1.40. The Bertz CT molecular complexity index is 565. The molecule has 1 saturated heterocycles. The summed E-state index contributed by atoms with van der Waals surface area (Å²) in [4.78, 5) is 23.7. The van der Waals surface area contributed by atoms with Crippen molar-refractivity contribution in [3.8, 4) is 0 Å². The van der Waals surface area contributed by atoms with Gasteiger partial charge in [0.05, 0.1) is 11.0 Å². The molecule has 1 aliphatic carbocycles. The molecule has 3 rings (SSSR count). The van der Waals surface area contributed by atoms with Crippen molar-refractivity contribution in [2.75, 3.05) is 6.61 Å². The number of aromatic carboxylic acids is 1. The number of hydrogen-bond donors (Lipinski definition) is 2. The van der Waals surface area contributed by atoms with Gasteiger partial charge in [0.15, 0.2) is 0 Å². The maximum atomic E-state index is 12.2. The van der Waals surface area contributed by atoms with Crippen molar-refractivity contribution in [3.63, 3.8) is 0 Å². The van der Waals surface area contributed by atoms with Crippen LogP contribution in [0.5, 0.6) is 0 Å². The second kappa shape index (κ2) is 4.56.